The van der Waals surface area contributed by atoms with Crippen molar-refractivity contribution in [2.75, 3.05) is 26.2 Å². The first-order valence-corrected chi connectivity index (χ1v) is 9.84. The van der Waals surface area contributed by atoms with Gasteiger partial charge in [0.15, 0.2) is 6.61 Å². The average molecular weight is 379 g/mol. The molecule has 1 aliphatic rings. The highest BCUT2D eigenvalue weighted by Crippen LogP contribution is 2.11. The van der Waals surface area contributed by atoms with Crippen LogP contribution in [0, 0.1) is 11.3 Å². The Hall–Kier alpha value is -2.44. The lowest BCUT2D eigenvalue weighted by molar-refractivity contribution is -0.151. The molecule has 1 N–H and O–H groups in total. The molecule has 0 radical (unpaired) electrons. The first-order chi connectivity index (χ1) is 12.4. The molecule has 140 valence electrons. The van der Waals surface area contributed by atoms with Crippen molar-refractivity contribution in [3.63, 3.8) is 0 Å². The number of likely N-dealkylation sites (tertiary alicyclic amines) is 1. The molecule has 0 saturated carbocycles. The topological polar surface area (TPSA) is 117 Å². The summed E-state index contributed by atoms with van der Waals surface area (Å²) in [6.45, 7) is 0.344. The summed E-state index contributed by atoms with van der Waals surface area (Å²) in [4.78, 5) is 25.3. The highest BCUT2D eigenvalue weighted by molar-refractivity contribution is 7.89. The summed E-state index contributed by atoms with van der Waals surface area (Å²) < 4.78 is 31.1. The molecule has 0 aromatic heterocycles. The first-order valence-electron chi connectivity index (χ1n) is 8.35. The zero-order chi connectivity index (χ0) is 19.0. The van der Waals surface area contributed by atoms with Crippen LogP contribution in [-0.2, 0) is 24.3 Å². The van der Waals surface area contributed by atoms with Gasteiger partial charge in [-0.25, -0.2) is 8.42 Å². The third-order valence-electron chi connectivity index (χ3n) is 4.02. The summed E-state index contributed by atoms with van der Waals surface area (Å²) in [5, 5.41) is 8.71. The van der Waals surface area contributed by atoms with Gasteiger partial charge in [-0.1, -0.05) is 12.8 Å². The first kappa shape index (κ1) is 19.9. The summed E-state index contributed by atoms with van der Waals surface area (Å²) in [5.74, 6) is -1.10. The molecule has 9 heteroatoms. The van der Waals surface area contributed by atoms with Crippen molar-refractivity contribution >= 4 is 21.9 Å². The molecule has 1 aromatic rings. The van der Waals surface area contributed by atoms with Gasteiger partial charge in [-0.05, 0) is 37.1 Å². The molecule has 1 heterocycles. The summed E-state index contributed by atoms with van der Waals surface area (Å²) >= 11 is 0. The van der Waals surface area contributed by atoms with Crippen molar-refractivity contribution in [3.8, 4) is 6.07 Å². The van der Waals surface area contributed by atoms with Crippen LogP contribution in [0.5, 0.6) is 0 Å². The SMILES string of the molecule is N#Cc1ccc(S(=O)(=O)NCC(=O)OCC(=O)N2CCCCCC2)cc1. The maximum Gasteiger partial charge on any atom is 0.321 e. The molecule has 2 rings (SSSR count). The van der Waals surface area contributed by atoms with Gasteiger partial charge in [0.05, 0.1) is 16.5 Å². The molecule has 0 atom stereocenters. The fraction of sp³-hybridized carbons (Fsp3) is 0.471. The van der Waals surface area contributed by atoms with E-state index >= 15 is 0 Å². The number of hydrogen-bond donors (Lipinski definition) is 1. The van der Waals surface area contributed by atoms with Crippen LogP contribution in [0.1, 0.15) is 31.2 Å². The highest BCUT2D eigenvalue weighted by atomic mass is 32.2. The standard InChI is InChI=1S/C17H21N3O5S/c18-11-14-5-7-15(8-6-14)26(23,24)19-12-17(22)25-13-16(21)20-9-3-1-2-4-10-20/h5-8,19H,1-4,9-10,12-13H2. The zero-order valence-electron chi connectivity index (χ0n) is 14.3. The molecule has 1 fully saturated rings. The normalized spacial score (nSPS) is 15.0. The number of esters is 1. The molecule has 0 spiro atoms. The summed E-state index contributed by atoms with van der Waals surface area (Å²) in [7, 11) is -3.90. The van der Waals surface area contributed by atoms with Crippen molar-refractivity contribution in [2.24, 2.45) is 0 Å². The van der Waals surface area contributed by atoms with Gasteiger partial charge in [0.1, 0.15) is 6.54 Å². The number of hydrogen-bond acceptors (Lipinski definition) is 6. The number of benzene rings is 1. The maximum atomic E-state index is 12.1. The number of nitriles is 1. The smallest absolute Gasteiger partial charge is 0.321 e. The van der Waals surface area contributed by atoms with E-state index in [4.69, 9.17) is 10.00 Å². The Balaban J connectivity index is 1.80. The van der Waals surface area contributed by atoms with Crippen molar-refractivity contribution < 1.29 is 22.7 Å². The Bertz CT molecular complexity index is 776. The van der Waals surface area contributed by atoms with Crippen LogP contribution in [0.4, 0.5) is 0 Å². The second-order valence-electron chi connectivity index (χ2n) is 5.92. The minimum Gasteiger partial charge on any atom is -0.455 e. The van der Waals surface area contributed by atoms with E-state index in [0.717, 1.165) is 25.7 Å². The van der Waals surface area contributed by atoms with Gasteiger partial charge in [-0.2, -0.15) is 9.98 Å². The van der Waals surface area contributed by atoms with Gasteiger partial charge in [-0.15, -0.1) is 0 Å². The van der Waals surface area contributed by atoms with Crippen LogP contribution in [0.3, 0.4) is 0 Å². The van der Waals surface area contributed by atoms with E-state index < -0.39 is 29.1 Å². The number of nitrogens with one attached hydrogen (secondary N) is 1. The summed E-state index contributed by atoms with van der Waals surface area (Å²) in [6, 6.07) is 7.17. The van der Waals surface area contributed by atoms with Crippen molar-refractivity contribution in [1.82, 2.24) is 9.62 Å². The Morgan fingerprint density at radius 3 is 2.31 bits per heavy atom. The Kier molecular flexibility index (Phi) is 7.12. The highest BCUT2D eigenvalue weighted by Gasteiger charge is 2.19. The van der Waals surface area contributed by atoms with Crippen LogP contribution in [0.15, 0.2) is 29.2 Å². The fourth-order valence-electron chi connectivity index (χ4n) is 2.55. The number of nitrogens with zero attached hydrogens (tertiary/aromatic N) is 2. The second kappa shape index (κ2) is 9.31. The van der Waals surface area contributed by atoms with Gasteiger partial charge in [0.2, 0.25) is 10.0 Å². The van der Waals surface area contributed by atoms with E-state index in [-0.39, 0.29) is 10.8 Å². The molecule has 0 bridgehead atoms. The Morgan fingerprint density at radius 2 is 1.73 bits per heavy atom. The monoisotopic (exact) mass is 379 g/mol. The lowest BCUT2D eigenvalue weighted by Crippen LogP contribution is -2.37. The molecule has 0 aliphatic carbocycles. The Labute approximate surface area is 152 Å². The van der Waals surface area contributed by atoms with E-state index in [1.807, 2.05) is 6.07 Å². The number of ether oxygens (including phenoxy) is 1. The number of amides is 1. The van der Waals surface area contributed by atoms with E-state index in [0.29, 0.717) is 18.7 Å². The molecule has 1 aromatic carbocycles. The van der Waals surface area contributed by atoms with Crippen molar-refractivity contribution in [3.05, 3.63) is 29.8 Å². The molecule has 1 amide bonds. The number of carbonyl (C=O) groups excluding carboxylic acids is 2. The van der Waals surface area contributed by atoms with Gasteiger partial charge in [-0.3, -0.25) is 9.59 Å². The predicted octanol–water partition coefficient (Wildman–Crippen LogP) is 0.782. The van der Waals surface area contributed by atoms with E-state index in [1.165, 1.54) is 24.3 Å². The third kappa shape index (κ3) is 5.82. The number of sulfonamides is 1. The van der Waals surface area contributed by atoms with Crippen LogP contribution < -0.4 is 4.72 Å². The van der Waals surface area contributed by atoms with Crippen LogP contribution in [0.25, 0.3) is 0 Å². The quantitative estimate of drug-likeness (QED) is 0.730. The summed E-state index contributed by atoms with van der Waals surface area (Å²) in [5.41, 5.74) is 0.329. The van der Waals surface area contributed by atoms with E-state index in [2.05, 4.69) is 4.72 Å². The number of rotatable bonds is 6. The largest absolute Gasteiger partial charge is 0.455 e. The number of carbonyl (C=O) groups is 2. The zero-order valence-corrected chi connectivity index (χ0v) is 15.1. The molecular weight excluding hydrogens is 358 g/mol. The van der Waals surface area contributed by atoms with Crippen molar-refractivity contribution in [2.45, 2.75) is 30.6 Å². The lowest BCUT2D eigenvalue weighted by atomic mass is 10.2. The van der Waals surface area contributed by atoms with Crippen molar-refractivity contribution in [1.29, 1.82) is 5.26 Å². The van der Waals surface area contributed by atoms with Crippen LogP contribution >= 0.6 is 0 Å². The maximum absolute atomic E-state index is 12.1. The van der Waals surface area contributed by atoms with Gasteiger partial charge in [0, 0.05) is 13.1 Å². The molecule has 1 saturated heterocycles. The Morgan fingerprint density at radius 1 is 1.12 bits per heavy atom. The van der Waals surface area contributed by atoms with Gasteiger partial charge < -0.3 is 9.64 Å². The average Bonchev–Trinajstić information content (AvgIpc) is 2.94. The van der Waals surface area contributed by atoms with E-state index in [9.17, 15) is 18.0 Å². The molecular formula is C17H21N3O5S. The minimum atomic E-state index is -3.90. The molecule has 26 heavy (non-hydrogen) atoms. The van der Waals surface area contributed by atoms with Gasteiger partial charge in [0.25, 0.3) is 5.91 Å². The van der Waals surface area contributed by atoms with Crippen LogP contribution in [0.2, 0.25) is 0 Å². The predicted molar refractivity (Wildman–Crippen MR) is 92.4 cm³/mol. The third-order valence-corrected chi connectivity index (χ3v) is 5.43. The minimum absolute atomic E-state index is 0.0649. The molecule has 1 aliphatic heterocycles. The second-order valence-corrected chi connectivity index (χ2v) is 7.68. The fourth-order valence-corrected chi connectivity index (χ4v) is 3.52. The van der Waals surface area contributed by atoms with Crippen LogP contribution in [-0.4, -0.2) is 51.4 Å². The van der Waals surface area contributed by atoms with E-state index in [1.54, 1.807) is 4.90 Å². The lowest BCUT2D eigenvalue weighted by Gasteiger charge is -2.19. The van der Waals surface area contributed by atoms with Gasteiger partial charge >= 0.3 is 5.97 Å². The molecule has 8 nitrogen and oxygen atoms in total. The summed E-state index contributed by atoms with van der Waals surface area (Å²) in [6.07, 6.45) is 4.04. The molecule has 0 unspecified atom stereocenters.